The first kappa shape index (κ1) is 19.4. The van der Waals surface area contributed by atoms with E-state index in [9.17, 15) is 4.79 Å². The molecule has 1 fully saturated rings. The monoisotopic (exact) mass is 416 g/mol. The lowest BCUT2D eigenvalue weighted by atomic mass is 9.97. The molecule has 1 saturated heterocycles. The van der Waals surface area contributed by atoms with Crippen molar-refractivity contribution in [3.63, 3.8) is 0 Å². The van der Waals surface area contributed by atoms with Crippen LogP contribution < -0.4 is 19.7 Å². The number of anilines is 1. The van der Waals surface area contributed by atoms with Crippen molar-refractivity contribution in [1.82, 2.24) is 15.3 Å². The lowest BCUT2D eigenvalue weighted by Crippen LogP contribution is -2.43. The third-order valence-electron chi connectivity index (χ3n) is 5.72. The van der Waals surface area contributed by atoms with Gasteiger partial charge in [0.05, 0.1) is 5.92 Å². The van der Waals surface area contributed by atoms with E-state index in [-0.39, 0.29) is 18.6 Å². The Labute approximate surface area is 181 Å². The lowest BCUT2D eigenvalue weighted by molar-refractivity contribution is -0.125. The van der Waals surface area contributed by atoms with Crippen molar-refractivity contribution in [2.45, 2.75) is 19.4 Å². The van der Waals surface area contributed by atoms with Crippen LogP contribution in [0.5, 0.6) is 11.5 Å². The van der Waals surface area contributed by atoms with Crippen LogP contribution in [0.15, 0.2) is 60.9 Å². The Bertz CT molecular complexity index is 1060. The average Bonchev–Trinajstić information content (AvgIpc) is 3.31. The van der Waals surface area contributed by atoms with E-state index in [1.165, 1.54) is 0 Å². The zero-order valence-electron chi connectivity index (χ0n) is 17.2. The Kier molecular flexibility index (Phi) is 5.39. The van der Waals surface area contributed by atoms with Crippen molar-refractivity contribution in [2.24, 2.45) is 5.92 Å². The summed E-state index contributed by atoms with van der Waals surface area (Å²) in [7, 11) is 0. The molecule has 3 heterocycles. The maximum atomic E-state index is 12.8. The van der Waals surface area contributed by atoms with Crippen LogP contribution in [0.1, 0.15) is 18.4 Å². The Balaban J connectivity index is 1.19. The molecule has 0 radical (unpaired) electrons. The summed E-state index contributed by atoms with van der Waals surface area (Å²) in [6, 6.07) is 15.8. The fourth-order valence-electron chi connectivity index (χ4n) is 4.02. The molecule has 31 heavy (non-hydrogen) atoms. The van der Waals surface area contributed by atoms with Gasteiger partial charge in [-0.15, -0.1) is 0 Å². The van der Waals surface area contributed by atoms with E-state index < -0.39 is 0 Å². The van der Waals surface area contributed by atoms with Crippen LogP contribution in [0.2, 0.25) is 0 Å². The summed E-state index contributed by atoms with van der Waals surface area (Å²) in [5.41, 5.74) is 3.07. The van der Waals surface area contributed by atoms with Gasteiger partial charge in [0.2, 0.25) is 18.6 Å². The first-order valence-corrected chi connectivity index (χ1v) is 10.5. The molecule has 7 nitrogen and oxygen atoms in total. The fourth-order valence-corrected chi connectivity index (χ4v) is 4.02. The number of benzene rings is 2. The summed E-state index contributed by atoms with van der Waals surface area (Å²) in [5, 5.41) is 3.06. The van der Waals surface area contributed by atoms with Crippen molar-refractivity contribution in [3.8, 4) is 22.6 Å². The highest BCUT2D eigenvalue weighted by Crippen LogP contribution is 2.32. The molecule has 2 aliphatic rings. The second kappa shape index (κ2) is 8.63. The third-order valence-corrected chi connectivity index (χ3v) is 5.72. The summed E-state index contributed by atoms with van der Waals surface area (Å²) in [6.45, 7) is 2.19. The largest absolute Gasteiger partial charge is 0.454 e. The molecule has 3 aromatic rings. The lowest BCUT2D eigenvalue weighted by Gasteiger charge is -2.32. The first-order chi connectivity index (χ1) is 15.3. The molecule has 0 aliphatic carbocycles. The predicted octanol–water partition coefficient (Wildman–Crippen LogP) is 3.41. The molecule has 0 bridgehead atoms. The van der Waals surface area contributed by atoms with Gasteiger partial charge in [-0.1, -0.05) is 36.4 Å². The van der Waals surface area contributed by atoms with Gasteiger partial charge >= 0.3 is 0 Å². The maximum Gasteiger partial charge on any atom is 0.231 e. The first-order valence-electron chi connectivity index (χ1n) is 10.5. The maximum absolute atomic E-state index is 12.8. The highest BCUT2D eigenvalue weighted by molar-refractivity contribution is 5.79. The van der Waals surface area contributed by atoms with Crippen molar-refractivity contribution in [2.75, 3.05) is 24.8 Å². The Morgan fingerprint density at radius 3 is 2.68 bits per heavy atom. The van der Waals surface area contributed by atoms with Gasteiger partial charge in [-0.2, -0.15) is 0 Å². The molecule has 7 heteroatoms. The van der Waals surface area contributed by atoms with Crippen molar-refractivity contribution in [3.05, 3.63) is 66.5 Å². The average molecular weight is 416 g/mol. The van der Waals surface area contributed by atoms with Gasteiger partial charge in [-0.05, 0) is 36.1 Å². The van der Waals surface area contributed by atoms with E-state index in [2.05, 4.69) is 20.2 Å². The number of aromatic nitrogens is 2. The smallest absolute Gasteiger partial charge is 0.231 e. The minimum atomic E-state index is -0.0832. The van der Waals surface area contributed by atoms with Crippen molar-refractivity contribution in [1.29, 1.82) is 0 Å². The molecule has 1 N–H and O–H groups in total. The van der Waals surface area contributed by atoms with Gasteiger partial charge < -0.3 is 19.7 Å². The van der Waals surface area contributed by atoms with E-state index in [4.69, 9.17) is 9.47 Å². The molecular weight excluding hydrogens is 392 g/mol. The van der Waals surface area contributed by atoms with Gasteiger partial charge in [0, 0.05) is 37.6 Å². The van der Waals surface area contributed by atoms with E-state index >= 15 is 0 Å². The fraction of sp³-hybridized carbons (Fsp3) is 0.292. The SMILES string of the molecule is O=C(NCc1ccc2c(c1)OCO2)C1CCCN(c2ncc(-c3ccccc3)cn2)C1. The summed E-state index contributed by atoms with van der Waals surface area (Å²) in [5.74, 6) is 2.12. The minimum absolute atomic E-state index is 0.0586. The highest BCUT2D eigenvalue weighted by atomic mass is 16.7. The van der Waals surface area contributed by atoms with Crippen LogP contribution in [-0.4, -0.2) is 35.8 Å². The van der Waals surface area contributed by atoms with Gasteiger partial charge in [0.25, 0.3) is 0 Å². The van der Waals surface area contributed by atoms with Crippen LogP contribution in [0, 0.1) is 5.92 Å². The van der Waals surface area contributed by atoms with E-state index in [0.29, 0.717) is 19.0 Å². The molecule has 158 valence electrons. The van der Waals surface area contributed by atoms with Gasteiger partial charge in [0.15, 0.2) is 11.5 Å². The molecular formula is C24H24N4O3. The van der Waals surface area contributed by atoms with E-state index in [1.54, 1.807) is 0 Å². The number of hydrogen-bond acceptors (Lipinski definition) is 6. The number of hydrogen-bond donors (Lipinski definition) is 1. The number of piperidine rings is 1. The van der Waals surface area contributed by atoms with Crippen LogP contribution in [0.3, 0.4) is 0 Å². The number of carbonyl (C=O) groups excluding carboxylic acids is 1. The van der Waals surface area contributed by atoms with Crippen LogP contribution in [0.4, 0.5) is 5.95 Å². The minimum Gasteiger partial charge on any atom is -0.454 e. The molecule has 1 atom stereocenters. The molecule has 5 rings (SSSR count). The molecule has 0 saturated carbocycles. The number of ether oxygens (including phenoxy) is 2. The van der Waals surface area contributed by atoms with Crippen molar-refractivity contribution < 1.29 is 14.3 Å². The van der Waals surface area contributed by atoms with Crippen molar-refractivity contribution >= 4 is 11.9 Å². The number of amides is 1. The standard InChI is InChI=1S/C24H24N4O3/c29-23(25-12-17-8-9-21-22(11-17)31-16-30-21)19-7-4-10-28(15-19)24-26-13-20(14-27-24)18-5-2-1-3-6-18/h1-3,5-6,8-9,11,13-14,19H,4,7,10,12,15-16H2,(H,25,29). The van der Waals surface area contributed by atoms with Gasteiger partial charge in [0.1, 0.15) is 0 Å². The molecule has 1 amide bonds. The molecule has 2 aromatic carbocycles. The molecule has 1 unspecified atom stereocenters. The second-order valence-corrected chi connectivity index (χ2v) is 7.83. The number of rotatable bonds is 5. The Morgan fingerprint density at radius 1 is 1.03 bits per heavy atom. The number of nitrogens with one attached hydrogen (secondary N) is 1. The molecule has 1 aromatic heterocycles. The molecule has 2 aliphatic heterocycles. The van der Waals surface area contributed by atoms with Gasteiger partial charge in [-0.3, -0.25) is 4.79 Å². The molecule has 0 spiro atoms. The number of nitrogens with zero attached hydrogens (tertiary/aromatic N) is 3. The topological polar surface area (TPSA) is 76.6 Å². The zero-order chi connectivity index (χ0) is 21.0. The van der Waals surface area contributed by atoms with Crippen LogP contribution in [0.25, 0.3) is 11.1 Å². The summed E-state index contributed by atoms with van der Waals surface area (Å²) >= 11 is 0. The highest BCUT2D eigenvalue weighted by Gasteiger charge is 2.27. The number of carbonyl (C=O) groups is 1. The summed E-state index contributed by atoms with van der Waals surface area (Å²) in [6.07, 6.45) is 5.50. The van der Waals surface area contributed by atoms with E-state index in [1.807, 2.05) is 60.9 Å². The summed E-state index contributed by atoms with van der Waals surface area (Å²) < 4.78 is 10.7. The quantitative estimate of drug-likeness (QED) is 0.687. The normalized spacial score (nSPS) is 17.4. The zero-order valence-corrected chi connectivity index (χ0v) is 17.2. The summed E-state index contributed by atoms with van der Waals surface area (Å²) in [4.78, 5) is 24.0. The third kappa shape index (κ3) is 4.30. The van der Waals surface area contributed by atoms with Crippen LogP contribution >= 0.6 is 0 Å². The number of fused-ring (bicyclic) bond motifs is 1. The van der Waals surface area contributed by atoms with E-state index in [0.717, 1.165) is 47.6 Å². The second-order valence-electron chi connectivity index (χ2n) is 7.83. The Hall–Kier alpha value is -3.61. The predicted molar refractivity (Wildman–Crippen MR) is 117 cm³/mol. The van der Waals surface area contributed by atoms with Gasteiger partial charge in [-0.25, -0.2) is 9.97 Å². The Morgan fingerprint density at radius 2 is 1.84 bits per heavy atom. The van der Waals surface area contributed by atoms with Crippen LogP contribution in [-0.2, 0) is 11.3 Å².